The number of hydrogen-bond donors (Lipinski definition) is 0. The Labute approximate surface area is 145 Å². The van der Waals surface area contributed by atoms with Gasteiger partial charge in [-0.1, -0.05) is 42.5 Å². The summed E-state index contributed by atoms with van der Waals surface area (Å²) < 4.78 is 6.61. The number of hydrogen-bond acceptors (Lipinski definition) is 4. The monoisotopic (exact) mass is 331 g/mol. The molecule has 0 aliphatic carbocycles. The number of fused-ring (bicyclic) bond motifs is 1. The second kappa shape index (κ2) is 6.02. The van der Waals surface area contributed by atoms with E-state index in [1.54, 1.807) is 7.11 Å². The molecule has 1 aromatic heterocycles. The van der Waals surface area contributed by atoms with Gasteiger partial charge in [0.05, 0.1) is 30.5 Å². The second-order valence-corrected chi connectivity index (χ2v) is 5.92. The summed E-state index contributed by atoms with van der Waals surface area (Å²) >= 11 is 0. The Hall–Kier alpha value is -3.21. The number of aryl methyl sites for hydroxylation is 1. The van der Waals surface area contributed by atoms with Crippen LogP contribution in [0.1, 0.15) is 17.1 Å². The molecule has 2 heterocycles. The van der Waals surface area contributed by atoms with Crippen molar-refractivity contribution in [1.29, 1.82) is 0 Å². The van der Waals surface area contributed by atoms with Crippen molar-refractivity contribution in [3.8, 4) is 16.9 Å². The van der Waals surface area contributed by atoms with Gasteiger partial charge in [-0.25, -0.2) is 4.98 Å². The molecule has 0 atom stereocenters. The van der Waals surface area contributed by atoms with E-state index in [4.69, 9.17) is 4.74 Å². The Kier molecular flexibility index (Phi) is 3.69. The molecule has 0 amide bonds. The molecule has 0 spiro atoms. The Morgan fingerprint density at radius 1 is 1.00 bits per heavy atom. The topological polar surface area (TPSA) is 56.5 Å². The predicted molar refractivity (Wildman–Crippen MR) is 97.3 cm³/mol. The number of nitrogens with zero attached hydrogens (tertiary/aromatic N) is 3. The third kappa shape index (κ3) is 2.63. The quantitative estimate of drug-likeness (QED) is 0.741. The highest BCUT2D eigenvalue weighted by Crippen LogP contribution is 2.23. The van der Waals surface area contributed by atoms with Crippen LogP contribution in [0.3, 0.4) is 0 Å². The molecule has 1 aliphatic heterocycles. The van der Waals surface area contributed by atoms with Crippen molar-refractivity contribution in [3.05, 3.63) is 82.0 Å². The van der Waals surface area contributed by atoms with Crippen LogP contribution < -0.4 is 10.3 Å². The number of aromatic nitrogens is 2. The fourth-order valence-electron chi connectivity index (χ4n) is 3.08. The van der Waals surface area contributed by atoms with E-state index >= 15 is 0 Å². The van der Waals surface area contributed by atoms with Crippen molar-refractivity contribution in [2.75, 3.05) is 7.11 Å². The molecule has 5 heteroatoms. The van der Waals surface area contributed by atoms with E-state index in [9.17, 15) is 4.79 Å². The van der Waals surface area contributed by atoms with Gasteiger partial charge in [0, 0.05) is 0 Å². The maximum atomic E-state index is 13.0. The summed E-state index contributed by atoms with van der Waals surface area (Å²) in [7, 11) is 1.62. The lowest BCUT2D eigenvalue weighted by Crippen LogP contribution is -2.22. The maximum Gasteiger partial charge on any atom is 0.282 e. The molecule has 5 nitrogen and oxygen atoms in total. The molecule has 3 aromatic rings. The molecule has 2 aromatic carbocycles. The average Bonchev–Trinajstić information content (AvgIpc) is 3.07. The SMILES string of the molecule is COc1ccc(-c2c(C)nc3n(c2=O)N=C(c2ccccc2)C3)cc1. The van der Waals surface area contributed by atoms with Crippen LogP contribution in [-0.2, 0) is 6.42 Å². The van der Waals surface area contributed by atoms with Crippen molar-refractivity contribution in [3.63, 3.8) is 0 Å². The van der Waals surface area contributed by atoms with E-state index in [2.05, 4.69) is 10.1 Å². The van der Waals surface area contributed by atoms with Gasteiger partial charge in [0.15, 0.2) is 0 Å². The molecule has 4 rings (SSSR count). The lowest BCUT2D eigenvalue weighted by Gasteiger charge is -2.08. The molecule has 0 bridgehead atoms. The summed E-state index contributed by atoms with van der Waals surface area (Å²) in [6, 6.07) is 17.3. The first-order chi connectivity index (χ1) is 12.2. The molecule has 1 aliphatic rings. The van der Waals surface area contributed by atoms with E-state index < -0.39 is 0 Å². The zero-order valence-electron chi connectivity index (χ0n) is 14.1. The molecule has 25 heavy (non-hydrogen) atoms. The molecule has 124 valence electrons. The minimum Gasteiger partial charge on any atom is -0.497 e. The normalized spacial score (nSPS) is 12.6. The Bertz CT molecular complexity index is 1020. The standard InChI is InChI=1S/C20H17N3O2/c1-13-19(15-8-10-16(25-2)11-9-15)20(24)23-18(21-13)12-17(22-23)14-6-4-3-5-7-14/h3-11H,12H2,1-2H3. The lowest BCUT2D eigenvalue weighted by atomic mass is 10.1. The minimum atomic E-state index is -0.140. The highest BCUT2D eigenvalue weighted by Gasteiger charge is 2.22. The van der Waals surface area contributed by atoms with Crippen molar-refractivity contribution >= 4 is 5.71 Å². The van der Waals surface area contributed by atoms with E-state index in [1.165, 1.54) is 4.68 Å². The van der Waals surface area contributed by atoms with Crippen LogP contribution >= 0.6 is 0 Å². The smallest absolute Gasteiger partial charge is 0.282 e. The summed E-state index contributed by atoms with van der Waals surface area (Å²) in [5.41, 5.74) is 3.83. The van der Waals surface area contributed by atoms with Crippen molar-refractivity contribution < 1.29 is 4.74 Å². The van der Waals surface area contributed by atoms with Gasteiger partial charge in [-0.05, 0) is 30.2 Å². The number of ether oxygens (including phenoxy) is 1. The summed E-state index contributed by atoms with van der Waals surface area (Å²) in [6.45, 7) is 1.86. The molecule has 0 radical (unpaired) electrons. The number of methoxy groups -OCH3 is 1. The molecule has 0 N–H and O–H groups in total. The second-order valence-electron chi connectivity index (χ2n) is 5.92. The van der Waals surface area contributed by atoms with E-state index in [1.807, 2.05) is 61.5 Å². The van der Waals surface area contributed by atoms with Crippen molar-refractivity contribution in [2.24, 2.45) is 5.10 Å². The van der Waals surface area contributed by atoms with Gasteiger partial charge in [0.25, 0.3) is 5.56 Å². The third-order valence-electron chi connectivity index (χ3n) is 4.34. The highest BCUT2D eigenvalue weighted by atomic mass is 16.5. The zero-order valence-corrected chi connectivity index (χ0v) is 14.1. The fourth-order valence-corrected chi connectivity index (χ4v) is 3.08. The van der Waals surface area contributed by atoms with Crippen LogP contribution in [0, 0.1) is 6.92 Å². The first-order valence-electron chi connectivity index (χ1n) is 8.07. The van der Waals surface area contributed by atoms with Gasteiger partial charge < -0.3 is 4.74 Å². The summed E-state index contributed by atoms with van der Waals surface area (Å²) in [5, 5.41) is 4.52. The van der Waals surface area contributed by atoms with Crippen molar-refractivity contribution in [2.45, 2.75) is 13.3 Å². The van der Waals surface area contributed by atoms with Crippen LogP contribution in [0.4, 0.5) is 0 Å². The fraction of sp³-hybridized carbons (Fsp3) is 0.150. The average molecular weight is 331 g/mol. The molecule has 0 fully saturated rings. The largest absolute Gasteiger partial charge is 0.497 e. The van der Waals surface area contributed by atoms with Gasteiger partial charge in [-0.3, -0.25) is 4.79 Å². The molecule has 0 saturated carbocycles. The van der Waals surface area contributed by atoms with Crippen LogP contribution in [0.5, 0.6) is 5.75 Å². The Balaban J connectivity index is 1.82. The van der Waals surface area contributed by atoms with Crippen LogP contribution in [0.25, 0.3) is 11.1 Å². The van der Waals surface area contributed by atoms with Gasteiger partial charge >= 0.3 is 0 Å². The first kappa shape index (κ1) is 15.3. The Morgan fingerprint density at radius 2 is 1.72 bits per heavy atom. The number of rotatable bonds is 3. The highest BCUT2D eigenvalue weighted by molar-refractivity contribution is 6.02. The summed E-state index contributed by atoms with van der Waals surface area (Å²) in [4.78, 5) is 17.6. The maximum absolute atomic E-state index is 13.0. The first-order valence-corrected chi connectivity index (χ1v) is 8.07. The van der Waals surface area contributed by atoms with E-state index in [-0.39, 0.29) is 5.56 Å². The molecular formula is C20H17N3O2. The van der Waals surface area contributed by atoms with Crippen molar-refractivity contribution in [1.82, 2.24) is 9.66 Å². The summed E-state index contributed by atoms with van der Waals surface area (Å²) in [5.74, 6) is 1.43. The summed E-state index contributed by atoms with van der Waals surface area (Å²) in [6.07, 6.45) is 0.559. The van der Waals surface area contributed by atoms with Crippen LogP contribution in [0.15, 0.2) is 64.5 Å². The minimum absolute atomic E-state index is 0.140. The van der Waals surface area contributed by atoms with Crippen LogP contribution in [0.2, 0.25) is 0 Å². The van der Waals surface area contributed by atoms with E-state index in [0.29, 0.717) is 23.5 Å². The molecule has 0 unspecified atom stereocenters. The lowest BCUT2D eigenvalue weighted by molar-refractivity contribution is 0.415. The van der Waals surface area contributed by atoms with Gasteiger partial charge in [-0.15, -0.1) is 0 Å². The van der Waals surface area contributed by atoms with Crippen LogP contribution in [-0.4, -0.2) is 22.5 Å². The van der Waals surface area contributed by atoms with E-state index in [0.717, 1.165) is 22.6 Å². The predicted octanol–water partition coefficient (Wildman–Crippen LogP) is 3.04. The van der Waals surface area contributed by atoms with Gasteiger partial charge in [0.2, 0.25) is 0 Å². The third-order valence-corrected chi connectivity index (χ3v) is 4.34. The molecule has 0 saturated heterocycles. The zero-order chi connectivity index (χ0) is 17.4. The van der Waals surface area contributed by atoms with Gasteiger partial charge in [0.1, 0.15) is 11.6 Å². The van der Waals surface area contributed by atoms with Gasteiger partial charge in [-0.2, -0.15) is 9.78 Å². The Morgan fingerprint density at radius 3 is 2.40 bits per heavy atom. The molecular weight excluding hydrogens is 314 g/mol. The number of benzene rings is 2.